The van der Waals surface area contributed by atoms with Crippen LogP contribution in [0.5, 0.6) is 0 Å². The number of amidine groups is 1. The van der Waals surface area contributed by atoms with Crippen molar-refractivity contribution < 1.29 is 9.59 Å². The van der Waals surface area contributed by atoms with Crippen molar-refractivity contribution in [3.63, 3.8) is 0 Å². The third kappa shape index (κ3) is 5.67. The van der Waals surface area contributed by atoms with E-state index in [4.69, 9.17) is 0 Å². The first kappa shape index (κ1) is 21.0. The predicted molar refractivity (Wildman–Crippen MR) is 121 cm³/mol. The molecule has 1 unspecified atom stereocenters. The monoisotopic (exact) mass is 410 g/mol. The quantitative estimate of drug-likeness (QED) is 0.488. The Balaban J connectivity index is 1.63. The lowest BCUT2D eigenvalue weighted by molar-refractivity contribution is -0.122. The molecule has 0 bridgehead atoms. The Labute approximate surface area is 175 Å². The molecular weight excluding hydrogens is 384 g/mol. The van der Waals surface area contributed by atoms with Gasteiger partial charge < -0.3 is 10.6 Å². The van der Waals surface area contributed by atoms with Crippen LogP contribution >= 0.6 is 11.8 Å². The summed E-state index contributed by atoms with van der Waals surface area (Å²) in [4.78, 5) is 24.8. The number of fused-ring (bicyclic) bond motifs is 1. The molecule has 7 heteroatoms. The highest BCUT2D eigenvalue weighted by atomic mass is 32.2. The first-order chi connectivity index (χ1) is 14.1. The van der Waals surface area contributed by atoms with E-state index in [1.54, 1.807) is 0 Å². The van der Waals surface area contributed by atoms with Gasteiger partial charge in [-0.1, -0.05) is 74.8 Å². The number of amides is 2. The van der Waals surface area contributed by atoms with E-state index in [0.29, 0.717) is 5.17 Å². The van der Waals surface area contributed by atoms with Crippen molar-refractivity contribution in [2.45, 2.75) is 51.2 Å². The Morgan fingerprint density at radius 3 is 2.59 bits per heavy atom. The lowest BCUT2D eigenvalue weighted by atomic mass is 10.1. The third-order valence-electron chi connectivity index (χ3n) is 4.57. The first-order valence-electron chi connectivity index (χ1n) is 9.99. The molecule has 1 heterocycles. The van der Waals surface area contributed by atoms with Crippen LogP contribution in [0.15, 0.2) is 52.7 Å². The zero-order valence-corrected chi connectivity index (χ0v) is 17.6. The molecule has 0 saturated carbocycles. The number of rotatable bonds is 8. The van der Waals surface area contributed by atoms with Gasteiger partial charge in [0.15, 0.2) is 5.17 Å². The molecule has 0 spiro atoms. The van der Waals surface area contributed by atoms with Crippen molar-refractivity contribution in [1.29, 1.82) is 0 Å². The SMILES string of the molecule is CCCC(CCC)=NN=C1NC(=O)C(CC(=O)Nc2cccc3ccccc23)S1. The van der Waals surface area contributed by atoms with Gasteiger partial charge in [0.2, 0.25) is 11.8 Å². The second-order valence-electron chi connectivity index (χ2n) is 6.95. The molecule has 3 rings (SSSR count). The Hall–Kier alpha value is -2.67. The zero-order valence-electron chi connectivity index (χ0n) is 16.8. The van der Waals surface area contributed by atoms with Gasteiger partial charge in [-0.05, 0) is 24.3 Å². The Morgan fingerprint density at radius 1 is 1.10 bits per heavy atom. The Bertz CT molecular complexity index is 941. The second-order valence-corrected chi connectivity index (χ2v) is 8.14. The second kappa shape index (κ2) is 10.2. The fraction of sp³-hybridized carbons (Fsp3) is 0.364. The van der Waals surface area contributed by atoms with E-state index >= 15 is 0 Å². The van der Waals surface area contributed by atoms with Crippen LogP contribution in [-0.4, -0.2) is 27.9 Å². The summed E-state index contributed by atoms with van der Waals surface area (Å²) in [7, 11) is 0. The van der Waals surface area contributed by atoms with Gasteiger partial charge in [-0.3, -0.25) is 9.59 Å². The van der Waals surface area contributed by atoms with Crippen LogP contribution in [0.25, 0.3) is 10.8 Å². The van der Waals surface area contributed by atoms with Crippen LogP contribution in [0.1, 0.15) is 46.0 Å². The largest absolute Gasteiger partial charge is 0.325 e. The Morgan fingerprint density at radius 2 is 1.83 bits per heavy atom. The zero-order chi connectivity index (χ0) is 20.6. The number of thioether (sulfide) groups is 1. The van der Waals surface area contributed by atoms with E-state index in [1.807, 2.05) is 42.5 Å². The number of benzene rings is 2. The fourth-order valence-corrected chi connectivity index (χ4v) is 4.13. The van der Waals surface area contributed by atoms with Crippen molar-refractivity contribution in [2.24, 2.45) is 10.2 Å². The molecule has 152 valence electrons. The van der Waals surface area contributed by atoms with Gasteiger partial charge in [-0.25, -0.2) is 0 Å². The summed E-state index contributed by atoms with van der Waals surface area (Å²) < 4.78 is 0. The van der Waals surface area contributed by atoms with Gasteiger partial charge in [-0.15, -0.1) is 5.10 Å². The summed E-state index contributed by atoms with van der Waals surface area (Å²) in [6.45, 7) is 4.21. The molecule has 1 aliphatic rings. The smallest absolute Gasteiger partial charge is 0.240 e. The van der Waals surface area contributed by atoms with Crippen LogP contribution in [0.2, 0.25) is 0 Å². The maximum atomic E-state index is 12.5. The molecule has 2 aromatic rings. The van der Waals surface area contributed by atoms with E-state index in [9.17, 15) is 9.59 Å². The molecule has 6 nitrogen and oxygen atoms in total. The van der Waals surface area contributed by atoms with Crippen LogP contribution in [-0.2, 0) is 9.59 Å². The highest BCUT2D eigenvalue weighted by Gasteiger charge is 2.32. The van der Waals surface area contributed by atoms with E-state index in [0.717, 1.165) is 47.9 Å². The molecule has 0 radical (unpaired) electrons. The van der Waals surface area contributed by atoms with Crippen molar-refractivity contribution in [3.05, 3.63) is 42.5 Å². The number of nitrogens with zero attached hydrogens (tertiary/aromatic N) is 2. The average Bonchev–Trinajstić information content (AvgIpc) is 3.06. The van der Waals surface area contributed by atoms with Crippen LogP contribution < -0.4 is 10.6 Å². The first-order valence-corrected chi connectivity index (χ1v) is 10.9. The van der Waals surface area contributed by atoms with Gasteiger partial charge >= 0.3 is 0 Å². The van der Waals surface area contributed by atoms with E-state index in [1.165, 1.54) is 11.8 Å². The molecular formula is C22H26N4O2S. The number of carbonyl (C=O) groups is 2. The topological polar surface area (TPSA) is 82.9 Å². The Kier molecular flexibility index (Phi) is 7.41. The average molecular weight is 411 g/mol. The lowest BCUT2D eigenvalue weighted by Gasteiger charge is -2.10. The molecule has 2 N–H and O–H groups in total. The van der Waals surface area contributed by atoms with Gasteiger partial charge in [0.25, 0.3) is 0 Å². The van der Waals surface area contributed by atoms with Crippen LogP contribution in [0.3, 0.4) is 0 Å². The standard InChI is InChI=1S/C22H26N4O2S/c1-3-8-16(9-4-2)25-26-22-24-21(28)19(29-22)14-20(27)23-18-13-7-11-15-10-5-6-12-17(15)18/h5-7,10-13,19H,3-4,8-9,14H2,1-2H3,(H,23,27)(H,24,26,28). The molecule has 2 aromatic carbocycles. The number of hydrogen-bond donors (Lipinski definition) is 2. The summed E-state index contributed by atoms with van der Waals surface area (Å²) in [5.41, 5.74) is 1.79. The van der Waals surface area contributed by atoms with Gasteiger partial charge in [0, 0.05) is 23.2 Å². The summed E-state index contributed by atoms with van der Waals surface area (Å²) in [6.07, 6.45) is 3.92. The lowest BCUT2D eigenvalue weighted by Crippen LogP contribution is -2.28. The summed E-state index contributed by atoms with van der Waals surface area (Å²) >= 11 is 1.26. The number of anilines is 1. The van der Waals surface area contributed by atoms with Gasteiger partial charge in [0.05, 0.1) is 0 Å². The third-order valence-corrected chi connectivity index (χ3v) is 5.64. The highest BCUT2D eigenvalue weighted by Crippen LogP contribution is 2.26. The van der Waals surface area contributed by atoms with Crippen LogP contribution in [0, 0.1) is 0 Å². The molecule has 0 aromatic heterocycles. The van der Waals surface area contributed by atoms with Crippen molar-refractivity contribution in [2.75, 3.05) is 5.32 Å². The summed E-state index contributed by atoms with van der Waals surface area (Å²) in [5, 5.41) is 16.2. The van der Waals surface area contributed by atoms with Crippen molar-refractivity contribution in [3.8, 4) is 0 Å². The maximum absolute atomic E-state index is 12.5. The fourth-order valence-electron chi connectivity index (χ4n) is 3.21. The number of nitrogens with one attached hydrogen (secondary N) is 2. The van der Waals surface area contributed by atoms with E-state index in [2.05, 4.69) is 34.7 Å². The van der Waals surface area contributed by atoms with Gasteiger partial charge in [0.1, 0.15) is 5.25 Å². The molecule has 2 amide bonds. The van der Waals surface area contributed by atoms with E-state index < -0.39 is 5.25 Å². The molecule has 1 aliphatic heterocycles. The summed E-state index contributed by atoms with van der Waals surface area (Å²) in [5.74, 6) is -0.402. The molecule has 1 atom stereocenters. The minimum Gasteiger partial charge on any atom is -0.325 e. The van der Waals surface area contributed by atoms with E-state index in [-0.39, 0.29) is 18.2 Å². The minimum absolute atomic E-state index is 0.0826. The maximum Gasteiger partial charge on any atom is 0.240 e. The molecule has 29 heavy (non-hydrogen) atoms. The minimum atomic E-state index is -0.500. The van der Waals surface area contributed by atoms with Gasteiger partial charge in [-0.2, -0.15) is 5.10 Å². The molecule has 1 fully saturated rings. The van der Waals surface area contributed by atoms with Crippen molar-refractivity contribution >= 4 is 50.9 Å². The van der Waals surface area contributed by atoms with Crippen molar-refractivity contribution in [1.82, 2.24) is 5.32 Å². The summed E-state index contributed by atoms with van der Waals surface area (Å²) in [6, 6.07) is 13.6. The van der Waals surface area contributed by atoms with Crippen LogP contribution in [0.4, 0.5) is 5.69 Å². The number of carbonyl (C=O) groups excluding carboxylic acids is 2. The molecule has 0 aliphatic carbocycles. The predicted octanol–water partition coefficient (Wildman–Crippen LogP) is 4.71. The highest BCUT2D eigenvalue weighted by molar-refractivity contribution is 8.15. The molecule has 1 saturated heterocycles. The number of hydrogen-bond acceptors (Lipinski definition) is 5. The normalized spacial score (nSPS) is 17.4.